The average Bonchev–Trinajstić information content (AvgIpc) is 2.68. The second kappa shape index (κ2) is 7.25. The highest BCUT2D eigenvalue weighted by Crippen LogP contribution is 2.29. The van der Waals surface area contributed by atoms with Crippen molar-refractivity contribution in [2.24, 2.45) is 0 Å². The number of aromatic nitrogens is 2. The summed E-state index contributed by atoms with van der Waals surface area (Å²) in [6.07, 6.45) is 0. The van der Waals surface area contributed by atoms with E-state index in [-0.39, 0.29) is 0 Å². The Kier molecular flexibility index (Phi) is 4.65. The summed E-state index contributed by atoms with van der Waals surface area (Å²) in [6, 6.07) is 23.8. The number of halogens is 1. The zero-order valence-electron chi connectivity index (χ0n) is 15.1. The lowest BCUT2D eigenvalue weighted by atomic mass is 10.1. The first kappa shape index (κ1) is 17.3. The first-order chi connectivity index (χ1) is 13.1. The zero-order chi connectivity index (χ0) is 18.8. The quantitative estimate of drug-likeness (QED) is 0.493. The summed E-state index contributed by atoms with van der Waals surface area (Å²) in [5.41, 5.74) is 3.92. The molecule has 0 bridgehead atoms. The number of nitrogens with zero attached hydrogens (tertiary/aromatic N) is 3. The highest BCUT2D eigenvalue weighted by atomic mass is 35.5. The smallest absolute Gasteiger partial charge is 0.162 e. The summed E-state index contributed by atoms with van der Waals surface area (Å²) >= 11 is 6.02. The van der Waals surface area contributed by atoms with E-state index in [1.54, 1.807) is 0 Å². The fraction of sp³-hybridized carbons (Fsp3) is 0.0909. The Balaban J connectivity index is 1.81. The van der Waals surface area contributed by atoms with Crippen LogP contribution in [0, 0.1) is 0 Å². The van der Waals surface area contributed by atoms with Crippen molar-refractivity contribution < 1.29 is 0 Å². The lowest BCUT2D eigenvalue weighted by Gasteiger charge is -2.15. The number of hydrogen-bond acceptors (Lipinski definition) is 4. The molecular formula is C22H19ClN4. The fourth-order valence-corrected chi connectivity index (χ4v) is 3.02. The summed E-state index contributed by atoms with van der Waals surface area (Å²) in [4.78, 5) is 11.6. The topological polar surface area (TPSA) is 41.0 Å². The van der Waals surface area contributed by atoms with E-state index in [9.17, 15) is 0 Å². The van der Waals surface area contributed by atoms with Gasteiger partial charge in [0.25, 0.3) is 0 Å². The minimum atomic E-state index is 0.664. The third kappa shape index (κ3) is 3.71. The molecule has 0 atom stereocenters. The molecule has 5 heteroatoms. The van der Waals surface area contributed by atoms with Gasteiger partial charge in [0.15, 0.2) is 5.82 Å². The minimum absolute atomic E-state index is 0.664. The number of para-hydroxylation sites is 1. The molecule has 0 amide bonds. The van der Waals surface area contributed by atoms with Gasteiger partial charge in [0.05, 0.1) is 5.52 Å². The Morgan fingerprint density at radius 1 is 0.852 bits per heavy atom. The SMILES string of the molecule is CN(C)c1cccc(Nc2nc(-c3ccc(Cl)cc3)nc3ccccc23)c1. The Bertz CT molecular complexity index is 1090. The zero-order valence-corrected chi connectivity index (χ0v) is 15.9. The maximum atomic E-state index is 6.02. The van der Waals surface area contributed by atoms with Gasteiger partial charge in [-0.1, -0.05) is 29.8 Å². The number of nitrogens with one attached hydrogen (secondary N) is 1. The highest BCUT2D eigenvalue weighted by molar-refractivity contribution is 6.30. The standard InChI is InChI=1S/C22H19ClN4/c1-27(2)18-7-5-6-17(14-18)24-22-19-8-3-4-9-20(19)25-21(26-22)15-10-12-16(23)13-11-15/h3-14H,1-2H3,(H,24,25,26). The number of anilines is 3. The van der Waals surface area contributed by atoms with E-state index >= 15 is 0 Å². The molecule has 0 spiro atoms. The number of hydrogen-bond donors (Lipinski definition) is 1. The molecule has 134 valence electrons. The molecule has 1 heterocycles. The highest BCUT2D eigenvalue weighted by Gasteiger charge is 2.10. The molecule has 1 N–H and O–H groups in total. The van der Waals surface area contributed by atoms with E-state index in [0.717, 1.165) is 33.7 Å². The predicted molar refractivity (Wildman–Crippen MR) is 114 cm³/mol. The summed E-state index contributed by atoms with van der Waals surface area (Å²) in [7, 11) is 4.05. The molecule has 3 aromatic carbocycles. The molecular weight excluding hydrogens is 356 g/mol. The van der Waals surface area contributed by atoms with Crippen molar-refractivity contribution in [3.8, 4) is 11.4 Å². The Morgan fingerprint density at radius 3 is 2.41 bits per heavy atom. The molecule has 4 rings (SSSR count). The van der Waals surface area contributed by atoms with Crippen molar-refractivity contribution in [2.45, 2.75) is 0 Å². The van der Waals surface area contributed by atoms with Crippen LogP contribution in [-0.2, 0) is 0 Å². The molecule has 0 saturated carbocycles. The van der Waals surface area contributed by atoms with Gasteiger partial charge in [0.2, 0.25) is 0 Å². The van der Waals surface area contributed by atoms with E-state index in [1.165, 1.54) is 0 Å². The molecule has 0 saturated heterocycles. The van der Waals surface area contributed by atoms with Crippen molar-refractivity contribution >= 4 is 39.7 Å². The first-order valence-corrected chi connectivity index (χ1v) is 9.05. The number of rotatable bonds is 4. The van der Waals surface area contributed by atoms with Crippen LogP contribution in [0.15, 0.2) is 72.8 Å². The summed E-state index contributed by atoms with van der Waals surface area (Å²) in [6.45, 7) is 0. The van der Waals surface area contributed by atoms with Gasteiger partial charge in [-0.3, -0.25) is 0 Å². The monoisotopic (exact) mass is 374 g/mol. The molecule has 0 fully saturated rings. The molecule has 27 heavy (non-hydrogen) atoms. The molecule has 0 unspecified atom stereocenters. The van der Waals surface area contributed by atoms with Crippen molar-refractivity contribution in [1.29, 1.82) is 0 Å². The third-order valence-corrected chi connectivity index (χ3v) is 4.58. The second-order valence-corrected chi connectivity index (χ2v) is 6.93. The van der Waals surface area contributed by atoms with E-state index in [2.05, 4.69) is 22.3 Å². The molecule has 4 nitrogen and oxygen atoms in total. The van der Waals surface area contributed by atoms with Gasteiger partial charge in [0, 0.05) is 41.4 Å². The van der Waals surface area contributed by atoms with Crippen LogP contribution in [0.25, 0.3) is 22.3 Å². The lowest BCUT2D eigenvalue weighted by Crippen LogP contribution is -2.08. The summed E-state index contributed by atoms with van der Waals surface area (Å²) in [5, 5.41) is 5.13. The predicted octanol–water partition coefficient (Wildman–Crippen LogP) is 5.76. The van der Waals surface area contributed by atoms with Crippen LogP contribution in [0.3, 0.4) is 0 Å². The minimum Gasteiger partial charge on any atom is -0.378 e. The first-order valence-electron chi connectivity index (χ1n) is 8.67. The average molecular weight is 375 g/mol. The van der Waals surface area contributed by atoms with E-state index in [1.807, 2.05) is 74.8 Å². The normalized spacial score (nSPS) is 10.8. The van der Waals surface area contributed by atoms with Crippen molar-refractivity contribution in [3.63, 3.8) is 0 Å². The van der Waals surface area contributed by atoms with Crippen LogP contribution < -0.4 is 10.2 Å². The van der Waals surface area contributed by atoms with Crippen LogP contribution in [0.1, 0.15) is 0 Å². The van der Waals surface area contributed by atoms with Gasteiger partial charge in [-0.05, 0) is 54.6 Å². The van der Waals surface area contributed by atoms with E-state index in [0.29, 0.717) is 10.8 Å². The maximum Gasteiger partial charge on any atom is 0.162 e. The van der Waals surface area contributed by atoms with Gasteiger partial charge in [-0.25, -0.2) is 9.97 Å². The Labute approximate surface area is 163 Å². The number of fused-ring (bicyclic) bond motifs is 1. The lowest BCUT2D eigenvalue weighted by molar-refractivity contribution is 1.13. The maximum absolute atomic E-state index is 6.02. The number of benzene rings is 3. The largest absolute Gasteiger partial charge is 0.378 e. The van der Waals surface area contributed by atoms with Gasteiger partial charge >= 0.3 is 0 Å². The molecule has 0 aliphatic heterocycles. The fourth-order valence-electron chi connectivity index (χ4n) is 2.90. The summed E-state index contributed by atoms with van der Waals surface area (Å²) in [5.74, 6) is 1.44. The second-order valence-electron chi connectivity index (χ2n) is 6.49. The molecule has 0 radical (unpaired) electrons. The van der Waals surface area contributed by atoms with E-state index in [4.69, 9.17) is 21.6 Å². The van der Waals surface area contributed by atoms with Gasteiger partial charge in [-0.2, -0.15) is 0 Å². The molecule has 0 aliphatic rings. The Morgan fingerprint density at radius 2 is 1.63 bits per heavy atom. The molecule has 1 aromatic heterocycles. The molecule has 0 aliphatic carbocycles. The van der Waals surface area contributed by atoms with Crippen LogP contribution in [-0.4, -0.2) is 24.1 Å². The van der Waals surface area contributed by atoms with E-state index < -0.39 is 0 Å². The van der Waals surface area contributed by atoms with Crippen LogP contribution in [0.2, 0.25) is 5.02 Å². The molecule has 4 aromatic rings. The van der Waals surface area contributed by atoms with Crippen LogP contribution >= 0.6 is 11.6 Å². The van der Waals surface area contributed by atoms with Crippen molar-refractivity contribution in [2.75, 3.05) is 24.3 Å². The van der Waals surface area contributed by atoms with Crippen LogP contribution in [0.4, 0.5) is 17.2 Å². The van der Waals surface area contributed by atoms with Crippen molar-refractivity contribution in [1.82, 2.24) is 9.97 Å². The van der Waals surface area contributed by atoms with Crippen molar-refractivity contribution in [3.05, 3.63) is 77.8 Å². The third-order valence-electron chi connectivity index (χ3n) is 4.33. The van der Waals surface area contributed by atoms with Gasteiger partial charge < -0.3 is 10.2 Å². The van der Waals surface area contributed by atoms with Crippen LogP contribution in [0.5, 0.6) is 0 Å². The van der Waals surface area contributed by atoms with Gasteiger partial charge in [-0.15, -0.1) is 0 Å². The summed E-state index contributed by atoms with van der Waals surface area (Å²) < 4.78 is 0. The Hall–Kier alpha value is -3.11. The van der Waals surface area contributed by atoms with Gasteiger partial charge in [0.1, 0.15) is 5.82 Å².